The van der Waals surface area contributed by atoms with Gasteiger partial charge >= 0.3 is 0 Å². The highest BCUT2D eigenvalue weighted by Crippen LogP contribution is 2.25. The first-order valence-electron chi connectivity index (χ1n) is 8.06. The molecule has 1 amide bonds. The zero-order valence-corrected chi connectivity index (χ0v) is 13.9. The first-order chi connectivity index (χ1) is 13.1. The van der Waals surface area contributed by atoms with Crippen LogP contribution in [0.2, 0.25) is 0 Å². The predicted molar refractivity (Wildman–Crippen MR) is 96.9 cm³/mol. The smallest absolute Gasteiger partial charge is 0.255 e. The SMILES string of the molecule is O=C(Nc1ccc2cn[nH]c2c1)c1ccc(Oc2ccc(F)cc2F)cc1. The number of hydrogen-bond acceptors (Lipinski definition) is 3. The summed E-state index contributed by atoms with van der Waals surface area (Å²) in [5, 5.41) is 10.5. The summed E-state index contributed by atoms with van der Waals surface area (Å²) < 4.78 is 31.9. The fourth-order valence-electron chi connectivity index (χ4n) is 2.58. The van der Waals surface area contributed by atoms with Crippen molar-refractivity contribution in [2.45, 2.75) is 0 Å². The Labute approximate surface area is 152 Å². The van der Waals surface area contributed by atoms with Crippen molar-refractivity contribution in [3.63, 3.8) is 0 Å². The van der Waals surface area contributed by atoms with Gasteiger partial charge in [0.1, 0.15) is 11.6 Å². The summed E-state index contributed by atoms with van der Waals surface area (Å²) in [5.74, 6) is -1.54. The van der Waals surface area contributed by atoms with E-state index in [0.717, 1.165) is 23.0 Å². The zero-order chi connectivity index (χ0) is 18.8. The van der Waals surface area contributed by atoms with Gasteiger partial charge in [-0.15, -0.1) is 0 Å². The average Bonchev–Trinajstić information content (AvgIpc) is 3.12. The van der Waals surface area contributed by atoms with E-state index in [0.29, 0.717) is 17.0 Å². The number of carbonyl (C=O) groups is 1. The van der Waals surface area contributed by atoms with Crippen molar-refractivity contribution in [3.8, 4) is 11.5 Å². The second-order valence-electron chi connectivity index (χ2n) is 5.83. The van der Waals surface area contributed by atoms with Crippen LogP contribution >= 0.6 is 0 Å². The summed E-state index contributed by atoms with van der Waals surface area (Å²) in [7, 11) is 0. The highest BCUT2D eigenvalue weighted by atomic mass is 19.1. The Balaban J connectivity index is 1.46. The van der Waals surface area contributed by atoms with E-state index in [9.17, 15) is 13.6 Å². The highest BCUT2D eigenvalue weighted by Gasteiger charge is 2.09. The first-order valence-corrected chi connectivity index (χ1v) is 8.06. The molecule has 0 radical (unpaired) electrons. The van der Waals surface area contributed by atoms with Crippen LogP contribution in [-0.4, -0.2) is 16.1 Å². The number of benzene rings is 3. The third kappa shape index (κ3) is 3.62. The van der Waals surface area contributed by atoms with Crippen molar-refractivity contribution in [1.29, 1.82) is 0 Å². The van der Waals surface area contributed by atoms with Crippen molar-refractivity contribution in [3.05, 3.63) is 84.1 Å². The van der Waals surface area contributed by atoms with E-state index in [4.69, 9.17) is 4.74 Å². The van der Waals surface area contributed by atoms with Gasteiger partial charge < -0.3 is 10.1 Å². The number of rotatable bonds is 4. The molecule has 27 heavy (non-hydrogen) atoms. The number of anilines is 1. The Morgan fingerprint density at radius 1 is 1.00 bits per heavy atom. The number of aromatic nitrogens is 2. The van der Waals surface area contributed by atoms with Crippen LogP contribution in [0.1, 0.15) is 10.4 Å². The molecular formula is C20H13F2N3O2. The Hall–Kier alpha value is -3.74. The van der Waals surface area contributed by atoms with Gasteiger partial charge in [0.15, 0.2) is 11.6 Å². The van der Waals surface area contributed by atoms with Gasteiger partial charge in [0.2, 0.25) is 0 Å². The minimum absolute atomic E-state index is 0.0959. The molecule has 0 aliphatic carbocycles. The molecule has 0 fully saturated rings. The molecule has 1 aromatic heterocycles. The summed E-state index contributed by atoms with van der Waals surface area (Å²) in [5.41, 5.74) is 1.86. The molecule has 4 rings (SSSR count). The van der Waals surface area contributed by atoms with Crippen molar-refractivity contribution in [2.24, 2.45) is 0 Å². The van der Waals surface area contributed by atoms with Gasteiger partial charge in [0.25, 0.3) is 5.91 Å². The topological polar surface area (TPSA) is 67.0 Å². The van der Waals surface area contributed by atoms with Crippen LogP contribution in [0.25, 0.3) is 10.9 Å². The minimum Gasteiger partial charge on any atom is -0.454 e. The fourth-order valence-corrected chi connectivity index (χ4v) is 2.58. The molecule has 1 heterocycles. The van der Waals surface area contributed by atoms with Crippen LogP contribution in [0, 0.1) is 11.6 Å². The average molecular weight is 365 g/mol. The number of aromatic amines is 1. The minimum atomic E-state index is -0.800. The van der Waals surface area contributed by atoms with E-state index in [2.05, 4.69) is 15.5 Å². The zero-order valence-electron chi connectivity index (χ0n) is 13.9. The van der Waals surface area contributed by atoms with E-state index in [1.54, 1.807) is 30.5 Å². The molecule has 0 aliphatic heterocycles. The molecule has 0 saturated heterocycles. The number of H-pyrrole nitrogens is 1. The summed E-state index contributed by atoms with van der Waals surface area (Å²) in [6.07, 6.45) is 1.70. The molecule has 3 aromatic carbocycles. The van der Waals surface area contributed by atoms with Crippen molar-refractivity contribution in [2.75, 3.05) is 5.32 Å². The third-order valence-corrected chi connectivity index (χ3v) is 3.94. The number of hydrogen-bond donors (Lipinski definition) is 2. The Morgan fingerprint density at radius 2 is 1.81 bits per heavy atom. The van der Waals surface area contributed by atoms with E-state index < -0.39 is 11.6 Å². The molecule has 0 atom stereocenters. The van der Waals surface area contributed by atoms with Gasteiger partial charge in [-0.1, -0.05) is 0 Å². The van der Waals surface area contributed by atoms with Crippen LogP contribution in [0.5, 0.6) is 11.5 Å². The van der Waals surface area contributed by atoms with Crippen molar-refractivity contribution in [1.82, 2.24) is 10.2 Å². The summed E-state index contributed by atoms with van der Waals surface area (Å²) in [6.45, 7) is 0. The fraction of sp³-hybridized carbons (Fsp3) is 0. The molecule has 134 valence electrons. The number of ether oxygens (including phenoxy) is 1. The monoisotopic (exact) mass is 365 g/mol. The summed E-state index contributed by atoms with van der Waals surface area (Å²) >= 11 is 0. The van der Waals surface area contributed by atoms with Crippen molar-refractivity contribution < 1.29 is 18.3 Å². The lowest BCUT2D eigenvalue weighted by molar-refractivity contribution is 0.102. The van der Waals surface area contributed by atoms with Crippen LogP contribution in [0.15, 0.2) is 66.9 Å². The quantitative estimate of drug-likeness (QED) is 0.541. The lowest BCUT2D eigenvalue weighted by atomic mass is 10.2. The van der Waals surface area contributed by atoms with Gasteiger partial charge in [-0.3, -0.25) is 9.89 Å². The van der Waals surface area contributed by atoms with Gasteiger partial charge in [0, 0.05) is 22.7 Å². The highest BCUT2D eigenvalue weighted by molar-refractivity contribution is 6.05. The van der Waals surface area contributed by atoms with Gasteiger partial charge in [-0.2, -0.15) is 5.10 Å². The molecule has 0 spiro atoms. The third-order valence-electron chi connectivity index (χ3n) is 3.94. The van der Waals surface area contributed by atoms with E-state index >= 15 is 0 Å². The maximum atomic E-state index is 13.6. The summed E-state index contributed by atoms with van der Waals surface area (Å²) in [6, 6.07) is 14.7. The lowest BCUT2D eigenvalue weighted by Gasteiger charge is -2.08. The maximum Gasteiger partial charge on any atom is 0.255 e. The summed E-state index contributed by atoms with van der Waals surface area (Å²) in [4.78, 5) is 12.4. The number of carbonyl (C=O) groups excluding carboxylic acids is 1. The number of amides is 1. The van der Waals surface area contributed by atoms with Crippen molar-refractivity contribution >= 4 is 22.5 Å². The number of fused-ring (bicyclic) bond motifs is 1. The van der Waals surface area contributed by atoms with Gasteiger partial charge in [-0.25, -0.2) is 8.78 Å². The molecule has 2 N–H and O–H groups in total. The van der Waals surface area contributed by atoms with Crippen LogP contribution < -0.4 is 10.1 Å². The Morgan fingerprint density at radius 3 is 2.59 bits per heavy atom. The molecular weight excluding hydrogens is 352 g/mol. The number of nitrogens with zero attached hydrogens (tertiary/aromatic N) is 1. The van der Waals surface area contributed by atoms with E-state index in [1.807, 2.05) is 6.07 Å². The maximum absolute atomic E-state index is 13.6. The van der Waals surface area contributed by atoms with Crippen LogP contribution in [0.4, 0.5) is 14.5 Å². The molecule has 4 aromatic rings. The second kappa shape index (κ2) is 6.87. The van der Waals surface area contributed by atoms with Gasteiger partial charge in [-0.05, 0) is 54.6 Å². The van der Waals surface area contributed by atoms with Crippen LogP contribution in [-0.2, 0) is 0 Å². The number of halogens is 2. The molecule has 0 bridgehead atoms. The van der Waals surface area contributed by atoms with E-state index in [-0.39, 0.29) is 11.7 Å². The molecule has 0 unspecified atom stereocenters. The van der Waals surface area contributed by atoms with Gasteiger partial charge in [0.05, 0.1) is 11.7 Å². The second-order valence-corrected chi connectivity index (χ2v) is 5.83. The predicted octanol–water partition coefficient (Wildman–Crippen LogP) is 4.89. The normalized spacial score (nSPS) is 10.7. The molecule has 0 aliphatic rings. The Kier molecular flexibility index (Phi) is 4.25. The standard InChI is InChI=1S/C20H13F2N3O2/c21-14-4-8-19(17(22)9-14)27-16-6-2-12(3-7-16)20(26)24-15-5-1-13-11-23-25-18(13)10-15/h1-11H,(H,23,25)(H,24,26). The Bertz CT molecular complexity index is 1120. The molecule has 0 saturated carbocycles. The lowest BCUT2D eigenvalue weighted by Crippen LogP contribution is -2.11. The van der Waals surface area contributed by atoms with Crippen LogP contribution in [0.3, 0.4) is 0 Å². The first kappa shape index (κ1) is 16.7. The molecule has 5 nitrogen and oxygen atoms in total. The van der Waals surface area contributed by atoms with E-state index in [1.165, 1.54) is 18.2 Å². The number of nitrogens with one attached hydrogen (secondary N) is 2. The molecule has 7 heteroatoms. The largest absolute Gasteiger partial charge is 0.454 e.